The molecule has 1 saturated heterocycles. The lowest BCUT2D eigenvalue weighted by atomic mass is 10.2. The first-order valence-corrected chi connectivity index (χ1v) is 8.45. The van der Waals surface area contributed by atoms with Gasteiger partial charge in [0.1, 0.15) is 9.84 Å². The van der Waals surface area contributed by atoms with Crippen molar-refractivity contribution in [3.8, 4) is 0 Å². The average molecular weight is 286 g/mol. The number of sulfone groups is 1. The van der Waals surface area contributed by atoms with Crippen LogP contribution in [-0.2, 0) is 16.4 Å². The van der Waals surface area contributed by atoms with Gasteiger partial charge in [0.05, 0.1) is 18.1 Å². The smallest absolute Gasteiger partial charge is 0.315 e. The van der Waals surface area contributed by atoms with Crippen molar-refractivity contribution in [1.29, 1.82) is 0 Å². The zero-order chi connectivity index (χ0) is 13.3. The zero-order valence-corrected chi connectivity index (χ0v) is 11.4. The first-order chi connectivity index (χ1) is 9.11. The molecular formula is C11H18N4O3S. The first kappa shape index (κ1) is 12.9. The minimum atomic E-state index is -2.83. The van der Waals surface area contributed by atoms with Crippen molar-refractivity contribution in [2.24, 2.45) is 0 Å². The molecular weight excluding hydrogens is 268 g/mol. The molecule has 0 unspecified atom stereocenters. The van der Waals surface area contributed by atoms with Gasteiger partial charge in [0.25, 0.3) is 0 Å². The van der Waals surface area contributed by atoms with E-state index in [1.165, 1.54) is 12.8 Å². The van der Waals surface area contributed by atoms with Crippen molar-refractivity contribution >= 4 is 15.9 Å². The van der Waals surface area contributed by atoms with Crippen molar-refractivity contribution in [2.45, 2.75) is 44.3 Å². The number of nitrogens with one attached hydrogen (secondary N) is 2. The maximum Gasteiger partial charge on any atom is 0.315 e. The lowest BCUT2D eigenvalue weighted by molar-refractivity contribution is 0.467. The van der Waals surface area contributed by atoms with Gasteiger partial charge < -0.3 is 15.1 Å². The van der Waals surface area contributed by atoms with Gasteiger partial charge in [0.2, 0.25) is 5.89 Å². The SMILES string of the molecule is O=S1(=O)CCC(Nc2nnc(CNC3CC3)o2)CC1. The Morgan fingerprint density at radius 1 is 1.11 bits per heavy atom. The molecule has 0 atom stereocenters. The molecule has 7 nitrogen and oxygen atoms in total. The molecule has 1 aliphatic carbocycles. The van der Waals surface area contributed by atoms with Gasteiger partial charge in [-0.3, -0.25) is 0 Å². The highest BCUT2D eigenvalue weighted by Gasteiger charge is 2.25. The summed E-state index contributed by atoms with van der Waals surface area (Å²) in [5, 5.41) is 14.3. The van der Waals surface area contributed by atoms with Gasteiger partial charge in [-0.25, -0.2) is 8.42 Å². The number of aromatic nitrogens is 2. The number of rotatable bonds is 5. The molecule has 0 spiro atoms. The molecule has 19 heavy (non-hydrogen) atoms. The van der Waals surface area contributed by atoms with Crippen LogP contribution in [0.3, 0.4) is 0 Å². The highest BCUT2D eigenvalue weighted by molar-refractivity contribution is 7.91. The molecule has 0 aromatic carbocycles. The summed E-state index contributed by atoms with van der Waals surface area (Å²) in [5.41, 5.74) is 0. The van der Waals surface area contributed by atoms with E-state index < -0.39 is 9.84 Å². The summed E-state index contributed by atoms with van der Waals surface area (Å²) >= 11 is 0. The van der Waals surface area contributed by atoms with Crippen molar-refractivity contribution in [2.75, 3.05) is 16.8 Å². The summed E-state index contributed by atoms with van der Waals surface area (Å²) in [6.07, 6.45) is 3.63. The van der Waals surface area contributed by atoms with E-state index in [4.69, 9.17) is 4.42 Å². The Labute approximate surface area is 112 Å². The minimum Gasteiger partial charge on any atom is -0.407 e. The Balaban J connectivity index is 1.49. The van der Waals surface area contributed by atoms with E-state index in [9.17, 15) is 8.42 Å². The van der Waals surface area contributed by atoms with Crippen molar-refractivity contribution in [3.63, 3.8) is 0 Å². The largest absolute Gasteiger partial charge is 0.407 e. The van der Waals surface area contributed by atoms with E-state index in [2.05, 4.69) is 20.8 Å². The topological polar surface area (TPSA) is 97.1 Å². The van der Waals surface area contributed by atoms with Gasteiger partial charge in [-0.2, -0.15) is 0 Å². The average Bonchev–Trinajstić information content (AvgIpc) is 3.10. The lowest BCUT2D eigenvalue weighted by Gasteiger charge is -2.21. The van der Waals surface area contributed by atoms with Crippen molar-refractivity contribution < 1.29 is 12.8 Å². The Hall–Kier alpha value is -1.15. The highest BCUT2D eigenvalue weighted by Crippen LogP contribution is 2.20. The normalized spacial score (nSPS) is 23.4. The maximum atomic E-state index is 11.3. The quantitative estimate of drug-likeness (QED) is 0.804. The number of hydrogen-bond acceptors (Lipinski definition) is 7. The van der Waals surface area contributed by atoms with Gasteiger partial charge in [-0.15, -0.1) is 5.10 Å². The van der Waals surface area contributed by atoms with Crippen LogP contribution in [0, 0.1) is 0 Å². The molecule has 2 fully saturated rings. The third-order valence-corrected chi connectivity index (χ3v) is 5.18. The van der Waals surface area contributed by atoms with Crippen LogP contribution in [0.5, 0.6) is 0 Å². The van der Waals surface area contributed by atoms with Crippen molar-refractivity contribution in [3.05, 3.63) is 5.89 Å². The Morgan fingerprint density at radius 3 is 2.53 bits per heavy atom. The molecule has 2 N–H and O–H groups in total. The summed E-state index contributed by atoms with van der Waals surface area (Å²) in [7, 11) is -2.83. The summed E-state index contributed by atoms with van der Waals surface area (Å²) in [6.45, 7) is 0.596. The van der Waals surface area contributed by atoms with Crippen LogP contribution in [0.4, 0.5) is 6.01 Å². The van der Waals surface area contributed by atoms with Gasteiger partial charge in [-0.1, -0.05) is 5.10 Å². The summed E-state index contributed by atoms with van der Waals surface area (Å²) in [6, 6.07) is 1.09. The van der Waals surface area contributed by atoms with Crippen LogP contribution in [-0.4, -0.2) is 42.2 Å². The fraction of sp³-hybridized carbons (Fsp3) is 0.818. The van der Waals surface area contributed by atoms with Crippen molar-refractivity contribution in [1.82, 2.24) is 15.5 Å². The number of anilines is 1. The molecule has 2 aliphatic rings. The number of hydrogen-bond donors (Lipinski definition) is 2. The van der Waals surface area contributed by atoms with E-state index >= 15 is 0 Å². The van der Waals surface area contributed by atoms with E-state index in [0.29, 0.717) is 37.3 Å². The molecule has 106 valence electrons. The van der Waals surface area contributed by atoms with E-state index in [-0.39, 0.29) is 17.5 Å². The van der Waals surface area contributed by atoms with Crippen LogP contribution >= 0.6 is 0 Å². The second-order valence-corrected chi connectivity index (χ2v) is 7.53. The van der Waals surface area contributed by atoms with Gasteiger partial charge in [0.15, 0.2) is 0 Å². The molecule has 1 aromatic rings. The van der Waals surface area contributed by atoms with Crippen LogP contribution < -0.4 is 10.6 Å². The van der Waals surface area contributed by atoms with Gasteiger partial charge >= 0.3 is 6.01 Å². The van der Waals surface area contributed by atoms with E-state index in [1.807, 2.05) is 0 Å². The monoisotopic (exact) mass is 286 g/mol. The zero-order valence-electron chi connectivity index (χ0n) is 10.6. The molecule has 0 amide bonds. The van der Waals surface area contributed by atoms with Crippen LogP contribution in [0.2, 0.25) is 0 Å². The summed E-state index contributed by atoms with van der Waals surface area (Å²) in [5.74, 6) is 1.03. The van der Waals surface area contributed by atoms with Crippen LogP contribution in [0.25, 0.3) is 0 Å². The van der Waals surface area contributed by atoms with Gasteiger partial charge in [-0.05, 0) is 25.7 Å². The Morgan fingerprint density at radius 2 is 1.84 bits per heavy atom. The molecule has 3 rings (SSSR count). The Bertz CT molecular complexity index is 524. The highest BCUT2D eigenvalue weighted by atomic mass is 32.2. The summed E-state index contributed by atoms with van der Waals surface area (Å²) < 4.78 is 28.1. The van der Waals surface area contributed by atoms with Crippen LogP contribution in [0.1, 0.15) is 31.6 Å². The molecule has 1 saturated carbocycles. The Kier molecular flexibility index (Phi) is 3.44. The molecule has 2 heterocycles. The van der Waals surface area contributed by atoms with E-state index in [1.54, 1.807) is 0 Å². The second-order valence-electron chi connectivity index (χ2n) is 5.23. The lowest BCUT2D eigenvalue weighted by Crippen LogP contribution is -2.32. The predicted octanol–water partition coefficient (Wildman–Crippen LogP) is 0.311. The van der Waals surface area contributed by atoms with Crippen LogP contribution in [0.15, 0.2) is 4.42 Å². The molecule has 0 bridgehead atoms. The maximum absolute atomic E-state index is 11.3. The second kappa shape index (κ2) is 5.09. The first-order valence-electron chi connectivity index (χ1n) is 6.63. The standard InChI is InChI=1S/C11H18N4O3S/c16-19(17)5-3-9(4-6-19)13-11-15-14-10(18-11)7-12-8-1-2-8/h8-9,12H,1-7H2,(H,13,15). The van der Waals surface area contributed by atoms with E-state index in [0.717, 1.165) is 0 Å². The fourth-order valence-corrected chi connectivity index (χ4v) is 3.60. The molecule has 0 radical (unpaired) electrons. The molecule has 8 heteroatoms. The fourth-order valence-electron chi connectivity index (χ4n) is 2.11. The third kappa shape index (κ3) is 3.66. The number of nitrogens with zero attached hydrogens (tertiary/aromatic N) is 2. The van der Waals surface area contributed by atoms with Gasteiger partial charge in [0, 0.05) is 12.1 Å². The molecule has 1 aliphatic heterocycles. The summed E-state index contributed by atoms with van der Waals surface area (Å²) in [4.78, 5) is 0. The minimum absolute atomic E-state index is 0.105. The molecule has 1 aromatic heterocycles. The predicted molar refractivity (Wildman–Crippen MR) is 69.5 cm³/mol. The third-order valence-electron chi connectivity index (χ3n) is 3.47.